The van der Waals surface area contributed by atoms with Gasteiger partial charge in [-0.2, -0.15) is 12.1 Å². The van der Waals surface area contributed by atoms with Crippen molar-refractivity contribution < 1.29 is 17.1 Å². The van der Waals surface area contributed by atoms with Crippen molar-refractivity contribution >= 4 is 19.2 Å². The van der Waals surface area contributed by atoms with Crippen LogP contribution in [0.3, 0.4) is 0 Å². The SMILES string of the molecule is CC(N)[c-]1cccc1.[Fe].[cH-]1[cH-][cH-][cH-][cH-]1.c1ccc(Pc2ccccc2)cc1. The molecule has 27 heavy (non-hydrogen) atoms. The third-order valence-corrected chi connectivity index (χ3v) is 4.85. The smallest absolute Gasteiger partial charge is 0 e. The average Bonchev–Trinajstić information content (AvgIpc) is 3.41. The molecule has 1 atom stereocenters. The molecule has 0 fully saturated rings. The largest absolute Gasteiger partial charge is 0.748 e. The molecular formula is C24H26FeNP-6. The van der Waals surface area contributed by atoms with Crippen LogP contribution in [0.1, 0.15) is 18.5 Å². The molecule has 0 aliphatic carbocycles. The van der Waals surface area contributed by atoms with Gasteiger partial charge in [0.25, 0.3) is 0 Å². The van der Waals surface area contributed by atoms with Gasteiger partial charge in [-0.25, -0.2) is 12.1 Å². The van der Waals surface area contributed by atoms with Crippen molar-refractivity contribution in [3.05, 3.63) is 121 Å². The quantitative estimate of drug-likeness (QED) is 0.280. The molecule has 4 aromatic carbocycles. The standard InChI is InChI=1S/C12H11P.C7H10N.C5H5.Fe/c1-3-7-11(8-4-1)13-12-9-5-2-6-10-12;1-6(8)7-4-2-3-5-7;1-2-4-5-3-1;/h1-10,13H;2-6H,8H2,1H3;1-5H;/q;-1;-5;. The molecule has 0 saturated heterocycles. The number of hydrogen-bond donors (Lipinski definition) is 1. The first-order valence-electron chi connectivity index (χ1n) is 8.76. The summed E-state index contributed by atoms with van der Waals surface area (Å²) in [7, 11) is 0.777. The van der Waals surface area contributed by atoms with E-state index >= 15 is 0 Å². The summed E-state index contributed by atoms with van der Waals surface area (Å²) in [6.07, 6.45) is 0. The van der Waals surface area contributed by atoms with Gasteiger partial charge in [-0.05, 0) is 16.7 Å². The first-order chi connectivity index (χ1) is 12.8. The van der Waals surface area contributed by atoms with E-state index in [1.54, 1.807) is 0 Å². The van der Waals surface area contributed by atoms with Gasteiger partial charge in [0.2, 0.25) is 0 Å². The Balaban J connectivity index is 0.000000223. The molecule has 0 heterocycles. The van der Waals surface area contributed by atoms with Crippen LogP contribution in [0.2, 0.25) is 0 Å². The van der Waals surface area contributed by atoms with Gasteiger partial charge in [0, 0.05) is 17.1 Å². The van der Waals surface area contributed by atoms with Gasteiger partial charge < -0.3 is 36.1 Å². The summed E-state index contributed by atoms with van der Waals surface area (Å²) in [5.41, 5.74) is 6.77. The van der Waals surface area contributed by atoms with Crippen LogP contribution in [0.15, 0.2) is 115 Å². The molecule has 1 unspecified atom stereocenters. The molecule has 2 N–H and O–H groups in total. The van der Waals surface area contributed by atoms with Crippen molar-refractivity contribution in [1.82, 2.24) is 0 Å². The Morgan fingerprint density at radius 3 is 1.37 bits per heavy atom. The predicted octanol–water partition coefficient (Wildman–Crippen LogP) is 5.14. The second kappa shape index (κ2) is 14.1. The van der Waals surface area contributed by atoms with E-state index in [1.165, 1.54) is 16.2 Å². The third kappa shape index (κ3) is 10.1. The summed E-state index contributed by atoms with van der Waals surface area (Å²) in [6.45, 7) is 1.98. The maximum atomic E-state index is 5.56. The summed E-state index contributed by atoms with van der Waals surface area (Å²) in [6, 6.07) is 39.4. The third-order valence-electron chi connectivity index (χ3n) is 3.61. The number of benzene rings is 2. The van der Waals surface area contributed by atoms with E-state index in [1.807, 2.05) is 61.5 Å². The molecule has 0 bridgehead atoms. The van der Waals surface area contributed by atoms with Crippen molar-refractivity contribution in [2.75, 3.05) is 0 Å². The van der Waals surface area contributed by atoms with E-state index in [4.69, 9.17) is 5.73 Å². The molecule has 146 valence electrons. The zero-order valence-electron chi connectivity index (χ0n) is 15.5. The molecule has 0 aromatic heterocycles. The van der Waals surface area contributed by atoms with E-state index in [2.05, 4.69) is 60.7 Å². The van der Waals surface area contributed by atoms with Crippen molar-refractivity contribution in [3.8, 4) is 0 Å². The normalized spacial score (nSPS) is 10.3. The van der Waals surface area contributed by atoms with Crippen LogP contribution < -0.4 is 16.3 Å². The summed E-state index contributed by atoms with van der Waals surface area (Å²) in [4.78, 5) is 0. The summed E-state index contributed by atoms with van der Waals surface area (Å²) >= 11 is 0. The van der Waals surface area contributed by atoms with Crippen LogP contribution in [-0.2, 0) is 17.1 Å². The van der Waals surface area contributed by atoms with E-state index in [0.717, 1.165) is 8.58 Å². The molecule has 1 nitrogen and oxygen atoms in total. The van der Waals surface area contributed by atoms with E-state index in [9.17, 15) is 0 Å². The molecule has 0 spiro atoms. The van der Waals surface area contributed by atoms with Crippen LogP contribution in [0.25, 0.3) is 0 Å². The summed E-state index contributed by atoms with van der Waals surface area (Å²) < 4.78 is 0. The van der Waals surface area contributed by atoms with Gasteiger partial charge in [-0.15, -0.1) is 5.56 Å². The first-order valence-corrected chi connectivity index (χ1v) is 9.76. The van der Waals surface area contributed by atoms with Crippen molar-refractivity contribution in [3.63, 3.8) is 0 Å². The Hall–Kier alpha value is -1.95. The molecule has 0 radical (unpaired) electrons. The van der Waals surface area contributed by atoms with Crippen molar-refractivity contribution in [2.24, 2.45) is 5.73 Å². The summed E-state index contributed by atoms with van der Waals surface area (Å²) in [5, 5.41) is 2.79. The minimum absolute atomic E-state index is 0. The minimum Gasteiger partial charge on any atom is -0.748 e. The minimum atomic E-state index is 0. The maximum absolute atomic E-state index is 5.56. The Kier molecular flexibility index (Phi) is 12.1. The molecule has 3 heteroatoms. The second-order valence-electron chi connectivity index (χ2n) is 5.83. The Morgan fingerprint density at radius 1 is 0.704 bits per heavy atom. The first kappa shape index (κ1) is 23.1. The number of nitrogens with two attached hydrogens (primary N) is 1. The zero-order chi connectivity index (χ0) is 18.5. The van der Waals surface area contributed by atoms with Crippen LogP contribution in [0, 0.1) is 0 Å². The van der Waals surface area contributed by atoms with Crippen LogP contribution in [0.5, 0.6) is 0 Å². The van der Waals surface area contributed by atoms with Crippen molar-refractivity contribution in [2.45, 2.75) is 13.0 Å². The zero-order valence-corrected chi connectivity index (χ0v) is 17.6. The van der Waals surface area contributed by atoms with Gasteiger partial charge in [-0.3, -0.25) is 0 Å². The molecule has 0 aliphatic heterocycles. The fourth-order valence-corrected chi connectivity index (χ4v) is 3.27. The van der Waals surface area contributed by atoms with Gasteiger partial charge in [-0.1, -0.05) is 76.2 Å². The van der Waals surface area contributed by atoms with E-state index < -0.39 is 0 Å². The monoisotopic (exact) mass is 415 g/mol. The topological polar surface area (TPSA) is 26.0 Å². The maximum Gasteiger partial charge on any atom is 0 e. The van der Waals surface area contributed by atoms with Gasteiger partial charge in [0.05, 0.1) is 0 Å². The predicted molar refractivity (Wildman–Crippen MR) is 117 cm³/mol. The van der Waals surface area contributed by atoms with Crippen LogP contribution >= 0.6 is 8.58 Å². The number of rotatable bonds is 3. The second-order valence-corrected chi connectivity index (χ2v) is 7.23. The molecule has 4 rings (SSSR count). The van der Waals surface area contributed by atoms with E-state index in [-0.39, 0.29) is 23.1 Å². The molecule has 0 amide bonds. The molecule has 4 aromatic rings. The van der Waals surface area contributed by atoms with Gasteiger partial charge >= 0.3 is 0 Å². The van der Waals surface area contributed by atoms with Gasteiger partial charge in [0.1, 0.15) is 0 Å². The molecule has 0 saturated carbocycles. The van der Waals surface area contributed by atoms with Crippen LogP contribution in [-0.4, -0.2) is 0 Å². The van der Waals surface area contributed by atoms with Gasteiger partial charge in [0.15, 0.2) is 0 Å². The van der Waals surface area contributed by atoms with Crippen LogP contribution in [0.4, 0.5) is 0 Å². The molecule has 0 aliphatic rings. The van der Waals surface area contributed by atoms with Crippen molar-refractivity contribution in [1.29, 1.82) is 0 Å². The fraction of sp³-hybridized carbons (Fsp3) is 0.0833. The molecular weight excluding hydrogens is 389 g/mol. The van der Waals surface area contributed by atoms with E-state index in [0.29, 0.717) is 0 Å². The Morgan fingerprint density at radius 2 is 1.07 bits per heavy atom. The average molecular weight is 415 g/mol. The Labute approximate surface area is 175 Å². The summed E-state index contributed by atoms with van der Waals surface area (Å²) in [5.74, 6) is 0. The Bertz CT molecular complexity index is 724. The fourth-order valence-electron chi connectivity index (χ4n) is 2.22. The number of hydrogen-bond acceptors (Lipinski definition) is 1.